The van der Waals surface area contributed by atoms with Gasteiger partial charge in [-0.1, -0.05) is 6.07 Å². The highest BCUT2D eigenvalue weighted by atomic mass is 16.5. The maximum absolute atomic E-state index is 12.1. The normalized spacial score (nSPS) is 21.0. The average Bonchev–Trinajstić information content (AvgIpc) is 2.74. The number of carboxylic acid groups (broad SMARTS) is 1. The van der Waals surface area contributed by atoms with E-state index in [1.807, 2.05) is 13.8 Å². The molecule has 1 atom stereocenters. The van der Waals surface area contributed by atoms with Crippen LogP contribution in [0.3, 0.4) is 0 Å². The van der Waals surface area contributed by atoms with Crippen LogP contribution >= 0.6 is 0 Å². The van der Waals surface area contributed by atoms with Gasteiger partial charge in [0.1, 0.15) is 6.04 Å². The maximum atomic E-state index is 12.1. The summed E-state index contributed by atoms with van der Waals surface area (Å²) in [5.74, 6) is -0.367. The molecule has 7 nitrogen and oxygen atoms in total. The van der Waals surface area contributed by atoms with Crippen molar-refractivity contribution >= 4 is 12.0 Å². The lowest BCUT2D eigenvalue weighted by Crippen LogP contribution is -2.48. The van der Waals surface area contributed by atoms with E-state index in [-0.39, 0.29) is 18.6 Å². The quantitative estimate of drug-likeness (QED) is 0.559. The van der Waals surface area contributed by atoms with E-state index in [0.717, 1.165) is 32.1 Å². The molecular weight excluding hydrogens is 394 g/mol. The lowest BCUT2D eigenvalue weighted by Gasteiger charge is -2.35. The van der Waals surface area contributed by atoms with E-state index < -0.39 is 12.0 Å². The molecule has 0 bridgehead atoms. The monoisotopic (exact) mass is 431 g/mol. The van der Waals surface area contributed by atoms with Crippen LogP contribution in [-0.4, -0.2) is 58.8 Å². The Labute approximate surface area is 185 Å². The molecule has 1 aromatic heterocycles. The van der Waals surface area contributed by atoms with Crippen molar-refractivity contribution in [2.45, 2.75) is 83.8 Å². The van der Waals surface area contributed by atoms with Crippen molar-refractivity contribution < 1.29 is 19.4 Å². The fourth-order valence-corrected chi connectivity index (χ4v) is 4.53. The Morgan fingerprint density at radius 1 is 1.23 bits per heavy atom. The summed E-state index contributed by atoms with van der Waals surface area (Å²) in [6.07, 6.45) is 9.51. The third-order valence-electron chi connectivity index (χ3n) is 6.64. The molecule has 0 aliphatic heterocycles. The first-order valence-electron chi connectivity index (χ1n) is 11.9. The van der Waals surface area contributed by atoms with Gasteiger partial charge in [-0.15, -0.1) is 0 Å². The summed E-state index contributed by atoms with van der Waals surface area (Å²) in [7, 11) is 0. The molecule has 0 radical (unpaired) electrons. The van der Waals surface area contributed by atoms with Gasteiger partial charge in [-0.05, 0) is 82.8 Å². The number of hydrogen-bond donors (Lipinski definition) is 2. The second-order valence-corrected chi connectivity index (χ2v) is 8.79. The van der Waals surface area contributed by atoms with Gasteiger partial charge in [-0.2, -0.15) is 0 Å². The molecule has 2 aliphatic carbocycles. The van der Waals surface area contributed by atoms with Crippen LogP contribution in [0.2, 0.25) is 0 Å². The van der Waals surface area contributed by atoms with Crippen molar-refractivity contribution in [1.82, 2.24) is 15.2 Å². The van der Waals surface area contributed by atoms with Gasteiger partial charge in [-0.3, -0.25) is 4.98 Å². The zero-order chi connectivity index (χ0) is 22.2. The Bertz CT molecular complexity index is 744. The zero-order valence-electron chi connectivity index (χ0n) is 18.9. The van der Waals surface area contributed by atoms with E-state index in [1.165, 1.54) is 36.2 Å². The van der Waals surface area contributed by atoms with Gasteiger partial charge in [0.2, 0.25) is 0 Å². The summed E-state index contributed by atoms with van der Waals surface area (Å²) in [6, 6.07) is 3.20. The molecule has 2 N–H and O–H groups in total. The number of ether oxygens (including phenoxy) is 1. The highest BCUT2D eigenvalue weighted by Gasteiger charge is 2.30. The van der Waals surface area contributed by atoms with Crippen molar-refractivity contribution in [2.24, 2.45) is 5.92 Å². The van der Waals surface area contributed by atoms with Crippen LogP contribution in [0.5, 0.6) is 0 Å². The van der Waals surface area contributed by atoms with Crippen LogP contribution in [0, 0.1) is 5.92 Å². The number of hydrogen-bond acceptors (Lipinski definition) is 4. The molecule has 172 valence electrons. The smallest absolute Gasteiger partial charge is 0.326 e. The molecule has 1 aromatic rings. The highest BCUT2D eigenvalue weighted by molar-refractivity contribution is 5.82. The topological polar surface area (TPSA) is 91.8 Å². The summed E-state index contributed by atoms with van der Waals surface area (Å²) in [6.45, 7) is 5.19. The fraction of sp³-hybridized carbons (Fsp3) is 0.708. The third kappa shape index (κ3) is 6.66. The Hall–Kier alpha value is -2.15. The number of carbonyl (C=O) groups excluding carboxylic acids is 1. The number of nitrogens with zero attached hydrogens (tertiary/aromatic N) is 2. The standard InChI is InChI=1S/C24H37N3O4/c1-3-27(4-2)24(30)26-22(23(28)29)13-14-31-20-15-17(16-20)9-11-19-12-10-18-7-5-6-8-21(18)25-19/h10,12,17,20,22H,3-9,11,13-16H2,1-2H3,(H,26,30)(H,28,29). The van der Waals surface area contributed by atoms with Crippen LogP contribution in [0.15, 0.2) is 12.1 Å². The molecule has 0 saturated heterocycles. The van der Waals surface area contributed by atoms with Gasteiger partial charge in [0.15, 0.2) is 0 Å². The van der Waals surface area contributed by atoms with Gasteiger partial charge >= 0.3 is 12.0 Å². The predicted octanol–water partition coefficient (Wildman–Crippen LogP) is 3.58. The van der Waals surface area contributed by atoms with Crippen molar-refractivity contribution in [1.29, 1.82) is 0 Å². The number of carboxylic acids is 1. The molecule has 31 heavy (non-hydrogen) atoms. The van der Waals surface area contributed by atoms with Gasteiger partial charge in [0.25, 0.3) is 0 Å². The van der Waals surface area contributed by atoms with Crippen molar-refractivity contribution in [2.75, 3.05) is 19.7 Å². The number of nitrogens with one attached hydrogen (secondary N) is 1. The van der Waals surface area contributed by atoms with E-state index in [1.54, 1.807) is 4.90 Å². The van der Waals surface area contributed by atoms with Crippen LogP contribution in [0.1, 0.15) is 69.3 Å². The van der Waals surface area contributed by atoms with Crippen LogP contribution in [-0.2, 0) is 28.8 Å². The molecule has 1 fully saturated rings. The summed E-state index contributed by atoms with van der Waals surface area (Å²) >= 11 is 0. The Kier molecular flexibility index (Phi) is 8.69. The van der Waals surface area contributed by atoms with E-state index in [4.69, 9.17) is 9.72 Å². The molecule has 1 unspecified atom stereocenters. The van der Waals surface area contributed by atoms with E-state index in [2.05, 4.69) is 17.4 Å². The second-order valence-electron chi connectivity index (χ2n) is 8.79. The number of aryl methyl sites for hydroxylation is 3. The highest BCUT2D eigenvalue weighted by Crippen LogP contribution is 2.34. The molecular formula is C24H37N3O4. The van der Waals surface area contributed by atoms with E-state index in [0.29, 0.717) is 25.6 Å². The lowest BCUT2D eigenvalue weighted by molar-refractivity contribution is -0.140. The number of aliphatic carboxylic acids is 1. The number of carbonyl (C=O) groups is 2. The molecule has 1 saturated carbocycles. The van der Waals surface area contributed by atoms with Gasteiger partial charge in [0, 0.05) is 37.5 Å². The predicted molar refractivity (Wildman–Crippen MR) is 119 cm³/mol. The van der Waals surface area contributed by atoms with Gasteiger partial charge in [0.05, 0.1) is 6.10 Å². The summed E-state index contributed by atoms with van der Waals surface area (Å²) in [5, 5.41) is 12.0. The Morgan fingerprint density at radius 3 is 2.68 bits per heavy atom. The summed E-state index contributed by atoms with van der Waals surface area (Å²) < 4.78 is 5.87. The number of fused-ring (bicyclic) bond motifs is 1. The first kappa shape index (κ1) is 23.5. The first-order valence-corrected chi connectivity index (χ1v) is 11.9. The van der Waals surface area contributed by atoms with Crippen LogP contribution in [0.25, 0.3) is 0 Å². The van der Waals surface area contributed by atoms with Gasteiger partial charge in [-0.25, -0.2) is 9.59 Å². The Morgan fingerprint density at radius 2 is 1.97 bits per heavy atom. The van der Waals surface area contributed by atoms with Crippen LogP contribution in [0.4, 0.5) is 4.79 Å². The minimum atomic E-state index is -1.02. The SMILES string of the molecule is CCN(CC)C(=O)NC(CCOC1CC(CCc2ccc3c(n2)CCCC3)C1)C(=O)O. The molecule has 0 spiro atoms. The number of pyridine rings is 1. The largest absolute Gasteiger partial charge is 0.480 e. The van der Waals surface area contributed by atoms with E-state index in [9.17, 15) is 14.7 Å². The number of amides is 2. The van der Waals surface area contributed by atoms with Gasteiger partial charge < -0.3 is 20.1 Å². The summed E-state index contributed by atoms with van der Waals surface area (Å²) in [5.41, 5.74) is 3.94. The molecule has 0 aromatic carbocycles. The fourth-order valence-electron chi connectivity index (χ4n) is 4.53. The second kappa shape index (κ2) is 11.5. The number of urea groups is 1. The molecule has 1 heterocycles. The Balaban J connectivity index is 1.32. The zero-order valence-corrected chi connectivity index (χ0v) is 18.9. The number of rotatable bonds is 11. The third-order valence-corrected chi connectivity index (χ3v) is 6.64. The molecule has 7 heteroatoms. The van der Waals surface area contributed by atoms with E-state index >= 15 is 0 Å². The van der Waals surface area contributed by atoms with Crippen LogP contribution < -0.4 is 5.32 Å². The first-order chi connectivity index (χ1) is 15.0. The van der Waals surface area contributed by atoms with Crippen molar-refractivity contribution in [3.05, 3.63) is 29.1 Å². The molecule has 3 rings (SSSR count). The average molecular weight is 432 g/mol. The maximum Gasteiger partial charge on any atom is 0.326 e. The van der Waals surface area contributed by atoms with Crippen molar-refractivity contribution in [3.8, 4) is 0 Å². The minimum absolute atomic E-state index is 0.203. The number of aromatic nitrogens is 1. The lowest BCUT2D eigenvalue weighted by atomic mass is 9.79. The minimum Gasteiger partial charge on any atom is -0.480 e. The summed E-state index contributed by atoms with van der Waals surface area (Å²) in [4.78, 5) is 30.0. The van der Waals surface area contributed by atoms with Crippen molar-refractivity contribution in [3.63, 3.8) is 0 Å². The molecule has 2 aliphatic rings. The molecule has 2 amide bonds.